The predicted octanol–water partition coefficient (Wildman–Crippen LogP) is 4.62. The fourth-order valence-electron chi connectivity index (χ4n) is 2.63. The van der Waals surface area contributed by atoms with Crippen molar-refractivity contribution in [3.63, 3.8) is 0 Å². The van der Waals surface area contributed by atoms with Crippen molar-refractivity contribution >= 4 is 23.1 Å². The molecule has 3 aromatic rings. The Bertz CT molecular complexity index is 989. The fraction of sp³-hybridized carbons (Fsp3) is 0.0909. The zero-order chi connectivity index (χ0) is 19.9. The van der Waals surface area contributed by atoms with Crippen molar-refractivity contribution in [2.75, 3.05) is 19.0 Å². The van der Waals surface area contributed by atoms with Crippen LogP contribution in [0.25, 0.3) is 0 Å². The summed E-state index contributed by atoms with van der Waals surface area (Å²) in [7, 11) is 1.38. The van der Waals surface area contributed by atoms with Gasteiger partial charge in [-0.1, -0.05) is 30.3 Å². The van der Waals surface area contributed by atoms with Crippen LogP contribution in [-0.2, 0) is 4.74 Å². The van der Waals surface area contributed by atoms with Crippen molar-refractivity contribution < 1.29 is 23.5 Å². The maximum atomic E-state index is 13.4. The van der Waals surface area contributed by atoms with E-state index in [2.05, 4.69) is 5.32 Å². The molecule has 142 valence electrons. The van der Waals surface area contributed by atoms with Crippen LogP contribution in [0.2, 0.25) is 0 Å². The molecule has 0 bridgehead atoms. The topological polar surface area (TPSA) is 64.6 Å². The third-order valence-corrected chi connectivity index (χ3v) is 4.00. The Labute approximate surface area is 161 Å². The Morgan fingerprint density at radius 1 is 0.929 bits per heavy atom. The number of benzene rings is 3. The summed E-state index contributed by atoms with van der Waals surface area (Å²) in [4.78, 5) is 24.8. The molecule has 0 amide bonds. The number of esters is 1. The van der Waals surface area contributed by atoms with Crippen molar-refractivity contribution in [1.82, 2.24) is 0 Å². The highest BCUT2D eigenvalue weighted by molar-refractivity contribution is 6.02. The molecule has 6 heteroatoms. The summed E-state index contributed by atoms with van der Waals surface area (Å²) in [6.07, 6.45) is 0. The Hall–Kier alpha value is -3.67. The van der Waals surface area contributed by atoms with Gasteiger partial charge in [-0.15, -0.1) is 0 Å². The van der Waals surface area contributed by atoms with Gasteiger partial charge in [-0.05, 0) is 42.5 Å². The molecule has 28 heavy (non-hydrogen) atoms. The minimum absolute atomic E-state index is 0.0194. The lowest BCUT2D eigenvalue weighted by molar-refractivity contribution is 0.0475. The van der Waals surface area contributed by atoms with Gasteiger partial charge in [0.1, 0.15) is 11.6 Å². The van der Waals surface area contributed by atoms with E-state index in [1.165, 1.54) is 19.2 Å². The number of halogens is 1. The van der Waals surface area contributed by atoms with Crippen molar-refractivity contribution in [3.05, 3.63) is 89.7 Å². The molecule has 1 N–H and O–H groups in total. The van der Waals surface area contributed by atoms with Crippen LogP contribution in [0, 0.1) is 5.82 Å². The van der Waals surface area contributed by atoms with Crippen LogP contribution in [0.4, 0.5) is 15.8 Å². The largest absolute Gasteiger partial charge is 0.496 e. The number of carbonyl (C=O) groups excluding carboxylic acids is 2. The number of ether oxygens (including phenoxy) is 2. The van der Waals surface area contributed by atoms with E-state index in [-0.39, 0.29) is 16.9 Å². The molecule has 0 aliphatic rings. The van der Waals surface area contributed by atoms with E-state index in [9.17, 15) is 14.0 Å². The summed E-state index contributed by atoms with van der Waals surface area (Å²) >= 11 is 0. The molecular formula is C22H18FNO4. The first-order chi connectivity index (χ1) is 13.6. The molecule has 0 fully saturated rings. The van der Waals surface area contributed by atoms with Gasteiger partial charge in [0.25, 0.3) is 0 Å². The summed E-state index contributed by atoms with van der Waals surface area (Å²) in [6, 6.07) is 19.8. The van der Waals surface area contributed by atoms with Crippen LogP contribution in [0.3, 0.4) is 0 Å². The van der Waals surface area contributed by atoms with Crippen LogP contribution in [0.1, 0.15) is 20.7 Å². The van der Waals surface area contributed by atoms with E-state index in [1.54, 1.807) is 24.3 Å². The Morgan fingerprint density at radius 2 is 1.64 bits per heavy atom. The Kier molecular flexibility index (Phi) is 6.01. The summed E-state index contributed by atoms with van der Waals surface area (Å²) in [5, 5.41) is 3.14. The second-order valence-corrected chi connectivity index (χ2v) is 5.88. The van der Waals surface area contributed by atoms with Crippen molar-refractivity contribution in [2.24, 2.45) is 0 Å². The molecule has 3 aromatic carbocycles. The van der Waals surface area contributed by atoms with Gasteiger partial charge in [-0.25, -0.2) is 9.18 Å². The zero-order valence-electron chi connectivity index (χ0n) is 15.1. The SMILES string of the molecule is COc1ccc(F)cc1C(=O)COC(=O)c1ccccc1Nc1ccccc1. The molecule has 0 radical (unpaired) electrons. The molecule has 0 atom stereocenters. The third kappa shape index (κ3) is 4.54. The first-order valence-electron chi connectivity index (χ1n) is 8.53. The average molecular weight is 379 g/mol. The van der Waals surface area contributed by atoms with Crippen LogP contribution < -0.4 is 10.1 Å². The maximum Gasteiger partial charge on any atom is 0.340 e. The van der Waals surface area contributed by atoms with Crippen LogP contribution in [-0.4, -0.2) is 25.5 Å². The third-order valence-electron chi connectivity index (χ3n) is 4.00. The van der Waals surface area contributed by atoms with Crippen molar-refractivity contribution in [1.29, 1.82) is 0 Å². The van der Waals surface area contributed by atoms with E-state index < -0.39 is 24.2 Å². The molecule has 0 unspecified atom stereocenters. The molecule has 0 saturated carbocycles. The van der Waals surface area contributed by atoms with Crippen molar-refractivity contribution in [2.45, 2.75) is 0 Å². The fourth-order valence-corrected chi connectivity index (χ4v) is 2.63. The van der Waals surface area contributed by atoms with Crippen LogP contribution in [0.5, 0.6) is 5.75 Å². The van der Waals surface area contributed by atoms with Gasteiger partial charge >= 0.3 is 5.97 Å². The van der Waals surface area contributed by atoms with Gasteiger partial charge in [-0.2, -0.15) is 0 Å². The molecule has 0 aliphatic carbocycles. The number of Topliss-reactive ketones (excluding diaryl/α,β-unsaturated/α-hetero) is 1. The molecule has 0 heterocycles. The lowest BCUT2D eigenvalue weighted by atomic mass is 10.1. The van der Waals surface area contributed by atoms with Crippen LogP contribution >= 0.6 is 0 Å². The number of nitrogens with one attached hydrogen (secondary N) is 1. The normalized spacial score (nSPS) is 10.2. The van der Waals surface area contributed by atoms with Gasteiger partial charge in [-0.3, -0.25) is 4.79 Å². The lowest BCUT2D eigenvalue weighted by Gasteiger charge is -2.12. The van der Waals surface area contributed by atoms with E-state index in [0.29, 0.717) is 5.69 Å². The second-order valence-electron chi connectivity index (χ2n) is 5.88. The van der Waals surface area contributed by atoms with Gasteiger partial charge in [0.2, 0.25) is 5.78 Å². The zero-order valence-corrected chi connectivity index (χ0v) is 15.1. The number of hydrogen-bond donors (Lipinski definition) is 1. The molecule has 0 aliphatic heterocycles. The van der Waals surface area contributed by atoms with E-state index in [4.69, 9.17) is 9.47 Å². The highest BCUT2D eigenvalue weighted by Crippen LogP contribution is 2.23. The number of methoxy groups -OCH3 is 1. The summed E-state index contributed by atoms with van der Waals surface area (Å²) < 4.78 is 23.7. The van der Waals surface area contributed by atoms with E-state index in [0.717, 1.165) is 11.8 Å². The van der Waals surface area contributed by atoms with Gasteiger partial charge in [0.05, 0.1) is 23.9 Å². The van der Waals surface area contributed by atoms with Gasteiger partial charge in [0.15, 0.2) is 6.61 Å². The molecule has 3 rings (SSSR count). The summed E-state index contributed by atoms with van der Waals surface area (Å²) in [6.45, 7) is -0.529. The van der Waals surface area contributed by atoms with Gasteiger partial charge < -0.3 is 14.8 Å². The average Bonchev–Trinajstić information content (AvgIpc) is 2.73. The number of rotatable bonds is 7. The molecule has 0 saturated heterocycles. The van der Waals surface area contributed by atoms with E-state index >= 15 is 0 Å². The van der Waals surface area contributed by atoms with Crippen LogP contribution in [0.15, 0.2) is 72.8 Å². The number of hydrogen-bond acceptors (Lipinski definition) is 5. The highest BCUT2D eigenvalue weighted by atomic mass is 19.1. The molecule has 5 nitrogen and oxygen atoms in total. The molecule has 0 spiro atoms. The minimum Gasteiger partial charge on any atom is -0.496 e. The number of ketones is 1. The van der Waals surface area contributed by atoms with Gasteiger partial charge in [0, 0.05) is 5.69 Å². The minimum atomic E-state index is -0.664. The number of para-hydroxylation sites is 2. The quantitative estimate of drug-likeness (QED) is 0.479. The standard InChI is InChI=1S/C22H18FNO4/c1-27-21-12-11-15(23)13-18(21)20(25)14-28-22(26)17-9-5-6-10-19(17)24-16-7-3-2-4-8-16/h2-13,24H,14H2,1H3. The lowest BCUT2D eigenvalue weighted by Crippen LogP contribution is -2.16. The highest BCUT2D eigenvalue weighted by Gasteiger charge is 2.18. The smallest absolute Gasteiger partial charge is 0.340 e. The van der Waals surface area contributed by atoms with E-state index in [1.807, 2.05) is 30.3 Å². The number of anilines is 2. The number of carbonyl (C=O) groups is 2. The maximum absolute atomic E-state index is 13.4. The first-order valence-corrected chi connectivity index (χ1v) is 8.53. The second kappa shape index (κ2) is 8.81. The monoisotopic (exact) mass is 379 g/mol. The molecule has 0 aromatic heterocycles. The Morgan fingerprint density at radius 3 is 2.39 bits per heavy atom. The molecular weight excluding hydrogens is 361 g/mol. The van der Waals surface area contributed by atoms with Crippen molar-refractivity contribution in [3.8, 4) is 5.75 Å². The summed E-state index contributed by atoms with van der Waals surface area (Å²) in [5.74, 6) is -1.58. The first kappa shape index (κ1) is 19.1. The summed E-state index contributed by atoms with van der Waals surface area (Å²) in [5.41, 5.74) is 1.66. The predicted molar refractivity (Wildman–Crippen MR) is 104 cm³/mol. The Balaban J connectivity index is 1.72.